The fourth-order valence-electron chi connectivity index (χ4n) is 3.12. The predicted octanol–water partition coefficient (Wildman–Crippen LogP) is 4.14. The van der Waals surface area contributed by atoms with Crippen molar-refractivity contribution in [2.75, 3.05) is 18.5 Å². The molecule has 1 aliphatic rings. The second kappa shape index (κ2) is 9.66. The Morgan fingerprint density at radius 2 is 2.26 bits per heavy atom. The molecule has 2 N–H and O–H groups in total. The Bertz CT molecular complexity index is 818. The van der Waals surface area contributed by atoms with Gasteiger partial charge in [0.1, 0.15) is 5.00 Å². The summed E-state index contributed by atoms with van der Waals surface area (Å²) in [5, 5.41) is 12.0. The third-order valence-electron chi connectivity index (χ3n) is 4.33. The maximum atomic E-state index is 12.5. The molecule has 3 rings (SSSR count). The van der Waals surface area contributed by atoms with Gasteiger partial charge in [-0.25, -0.2) is 4.79 Å². The highest BCUT2D eigenvalue weighted by Crippen LogP contribution is 2.38. The first-order chi connectivity index (χ1) is 13.1. The van der Waals surface area contributed by atoms with E-state index < -0.39 is 0 Å². The minimum absolute atomic E-state index is 0.258. The van der Waals surface area contributed by atoms with Crippen molar-refractivity contribution in [1.82, 2.24) is 15.1 Å². The normalized spacial score (nSPS) is 13.1. The number of halogens is 1. The Labute approximate surface area is 176 Å². The van der Waals surface area contributed by atoms with Crippen LogP contribution in [0.25, 0.3) is 0 Å². The van der Waals surface area contributed by atoms with Crippen molar-refractivity contribution in [1.29, 1.82) is 0 Å². The van der Waals surface area contributed by atoms with Gasteiger partial charge in [-0.05, 0) is 72.7 Å². The van der Waals surface area contributed by atoms with Gasteiger partial charge < -0.3 is 15.4 Å². The topological polar surface area (TPSA) is 68.2 Å². The van der Waals surface area contributed by atoms with Crippen LogP contribution in [-0.2, 0) is 24.1 Å². The zero-order valence-corrected chi connectivity index (χ0v) is 18.4. The molecule has 0 bridgehead atoms. The first-order valence-electron chi connectivity index (χ1n) is 9.13. The van der Waals surface area contributed by atoms with Gasteiger partial charge in [-0.3, -0.25) is 4.68 Å². The van der Waals surface area contributed by atoms with Crippen LogP contribution >= 0.6 is 39.5 Å². The largest absolute Gasteiger partial charge is 0.462 e. The smallest absolute Gasteiger partial charge is 0.341 e. The van der Waals surface area contributed by atoms with Crippen LogP contribution in [0, 0.1) is 0 Å². The maximum absolute atomic E-state index is 12.5. The molecule has 2 aromatic rings. The number of aryl methyl sites for hydroxylation is 2. The average Bonchev–Trinajstić information content (AvgIpc) is 3.21. The van der Waals surface area contributed by atoms with E-state index in [4.69, 9.17) is 17.0 Å². The molecule has 0 spiro atoms. The van der Waals surface area contributed by atoms with Gasteiger partial charge in [0.15, 0.2) is 5.11 Å². The third-order valence-corrected chi connectivity index (χ3v) is 6.19. The molecule has 0 unspecified atom stereocenters. The molecule has 0 amide bonds. The first kappa shape index (κ1) is 20.3. The van der Waals surface area contributed by atoms with Gasteiger partial charge in [0.2, 0.25) is 0 Å². The summed E-state index contributed by atoms with van der Waals surface area (Å²) in [4.78, 5) is 13.7. The van der Waals surface area contributed by atoms with Crippen LogP contribution in [0.15, 0.2) is 16.9 Å². The molecule has 0 saturated heterocycles. The van der Waals surface area contributed by atoms with Crippen LogP contribution in [0.3, 0.4) is 0 Å². The number of aromatic nitrogens is 2. The second-order valence-electron chi connectivity index (χ2n) is 6.29. The number of fused-ring (bicyclic) bond motifs is 1. The molecule has 2 aromatic heterocycles. The van der Waals surface area contributed by atoms with Crippen LogP contribution in [0.1, 0.15) is 47.0 Å². The van der Waals surface area contributed by atoms with Crippen molar-refractivity contribution in [3.63, 3.8) is 0 Å². The van der Waals surface area contributed by atoms with Gasteiger partial charge in [0, 0.05) is 24.2 Å². The van der Waals surface area contributed by atoms with Crippen molar-refractivity contribution in [2.45, 2.75) is 45.6 Å². The molecule has 0 aromatic carbocycles. The van der Waals surface area contributed by atoms with E-state index in [9.17, 15) is 4.79 Å². The Balaban J connectivity index is 1.58. The number of hydrogen-bond acceptors (Lipinski definition) is 5. The molecule has 1 aliphatic carbocycles. The van der Waals surface area contributed by atoms with Crippen LogP contribution in [0.5, 0.6) is 0 Å². The number of carbonyl (C=O) groups is 1. The van der Waals surface area contributed by atoms with E-state index in [-0.39, 0.29) is 5.97 Å². The van der Waals surface area contributed by atoms with Gasteiger partial charge >= 0.3 is 5.97 Å². The number of nitrogens with one attached hydrogen (secondary N) is 2. The summed E-state index contributed by atoms with van der Waals surface area (Å²) in [7, 11) is 0. The molecule has 0 saturated carbocycles. The van der Waals surface area contributed by atoms with E-state index in [1.165, 1.54) is 11.3 Å². The summed E-state index contributed by atoms with van der Waals surface area (Å²) in [5.74, 6) is -0.258. The molecule has 0 atom stereocenters. The molecule has 0 radical (unpaired) electrons. The van der Waals surface area contributed by atoms with E-state index in [1.807, 2.05) is 17.8 Å². The van der Waals surface area contributed by atoms with Crippen LogP contribution in [0.2, 0.25) is 0 Å². The standard InChI is InChI=1S/C18H23BrN4O2S2/c1-2-25-17(24)15-13-6-3-4-7-14(13)27-16(15)22-18(26)20-8-5-9-23-11-12(19)10-21-23/h10-11H,2-9H2,1H3,(H2,20,22,26). The fourth-order valence-corrected chi connectivity index (χ4v) is 5.00. The van der Waals surface area contributed by atoms with Gasteiger partial charge in [-0.15, -0.1) is 11.3 Å². The number of nitrogens with zero attached hydrogens (tertiary/aromatic N) is 2. The Hall–Kier alpha value is -1.45. The lowest BCUT2D eigenvalue weighted by atomic mass is 9.95. The predicted molar refractivity (Wildman–Crippen MR) is 116 cm³/mol. The fraction of sp³-hybridized carbons (Fsp3) is 0.500. The van der Waals surface area contributed by atoms with Crippen LogP contribution in [-0.4, -0.2) is 34.0 Å². The van der Waals surface area contributed by atoms with Crippen LogP contribution < -0.4 is 10.6 Å². The van der Waals surface area contributed by atoms with Crippen molar-refractivity contribution in [3.05, 3.63) is 32.9 Å². The minimum Gasteiger partial charge on any atom is -0.462 e. The maximum Gasteiger partial charge on any atom is 0.341 e. The Kier molecular flexibility index (Phi) is 7.26. The number of carbonyl (C=O) groups excluding carboxylic acids is 1. The van der Waals surface area contributed by atoms with Gasteiger partial charge in [-0.1, -0.05) is 0 Å². The van der Waals surface area contributed by atoms with Crippen LogP contribution in [0.4, 0.5) is 5.00 Å². The van der Waals surface area contributed by atoms with E-state index in [2.05, 4.69) is 31.7 Å². The zero-order valence-electron chi connectivity index (χ0n) is 15.2. The van der Waals surface area contributed by atoms with Crippen molar-refractivity contribution < 1.29 is 9.53 Å². The van der Waals surface area contributed by atoms with Gasteiger partial charge in [0.25, 0.3) is 0 Å². The highest BCUT2D eigenvalue weighted by Gasteiger charge is 2.26. The van der Waals surface area contributed by atoms with E-state index in [0.29, 0.717) is 17.3 Å². The Morgan fingerprint density at radius 1 is 1.44 bits per heavy atom. The molecule has 146 valence electrons. The minimum atomic E-state index is -0.258. The lowest BCUT2D eigenvalue weighted by molar-refractivity contribution is 0.0526. The summed E-state index contributed by atoms with van der Waals surface area (Å²) in [6.07, 6.45) is 8.84. The number of anilines is 1. The van der Waals surface area contributed by atoms with Gasteiger partial charge in [-0.2, -0.15) is 5.10 Å². The lowest BCUT2D eigenvalue weighted by Crippen LogP contribution is -2.30. The van der Waals surface area contributed by atoms with E-state index >= 15 is 0 Å². The lowest BCUT2D eigenvalue weighted by Gasteiger charge is -2.13. The molecule has 27 heavy (non-hydrogen) atoms. The highest BCUT2D eigenvalue weighted by molar-refractivity contribution is 9.10. The summed E-state index contributed by atoms with van der Waals surface area (Å²) >= 11 is 10.4. The zero-order chi connectivity index (χ0) is 19.2. The molecule has 2 heterocycles. The molecule has 6 nitrogen and oxygen atoms in total. The molecule has 9 heteroatoms. The highest BCUT2D eigenvalue weighted by atomic mass is 79.9. The second-order valence-corrected chi connectivity index (χ2v) is 8.72. The number of rotatable bonds is 7. The van der Waals surface area contributed by atoms with Crippen molar-refractivity contribution >= 4 is 55.6 Å². The summed E-state index contributed by atoms with van der Waals surface area (Å²) in [6.45, 7) is 3.73. The first-order valence-corrected chi connectivity index (χ1v) is 11.1. The van der Waals surface area contributed by atoms with Crippen molar-refractivity contribution in [3.8, 4) is 0 Å². The average molecular weight is 471 g/mol. The number of esters is 1. The summed E-state index contributed by atoms with van der Waals surface area (Å²) in [6, 6.07) is 0. The van der Waals surface area contributed by atoms with Crippen molar-refractivity contribution in [2.24, 2.45) is 0 Å². The molecular formula is C18H23BrN4O2S2. The number of thiophene rings is 1. The third kappa shape index (κ3) is 5.30. The SMILES string of the molecule is CCOC(=O)c1c(NC(=S)NCCCn2cc(Br)cn2)sc2c1CCCC2. The van der Waals surface area contributed by atoms with E-state index in [0.717, 1.165) is 53.8 Å². The Morgan fingerprint density at radius 3 is 3.00 bits per heavy atom. The van der Waals surface area contributed by atoms with Gasteiger partial charge in [0.05, 0.1) is 22.8 Å². The number of ether oxygens (including phenoxy) is 1. The molecular weight excluding hydrogens is 448 g/mol. The quantitative estimate of drug-likeness (QED) is 0.360. The summed E-state index contributed by atoms with van der Waals surface area (Å²) in [5.41, 5.74) is 1.81. The van der Waals surface area contributed by atoms with E-state index in [1.54, 1.807) is 17.5 Å². The number of thiocarbonyl (C=S) groups is 1. The molecule has 0 aliphatic heterocycles. The summed E-state index contributed by atoms with van der Waals surface area (Å²) < 4.78 is 8.13. The number of hydrogen-bond donors (Lipinski definition) is 2. The molecule has 0 fully saturated rings. The monoisotopic (exact) mass is 470 g/mol.